The van der Waals surface area contributed by atoms with E-state index in [4.69, 9.17) is 5.26 Å². The normalized spacial score (nSPS) is 17.1. The van der Waals surface area contributed by atoms with Crippen molar-refractivity contribution in [1.29, 1.82) is 5.26 Å². The zero-order chi connectivity index (χ0) is 11.4. The molecule has 84 valence electrons. The summed E-state index contributed by atoms with van der Waals surface area (Å²) < 4.78 is 0. The maximum absolute atomic E-state index is 9.04. The Morgan fingerprint density at radius 1 is 1.50 bits per heavy atom. The summed E-state index contributed by atoms with van der Waals surface area (Å²) in [6, 6.07) is 4.03. The second-order valence-electron chi connectivity index (χ2n) is 4.34. The summed E-state index contributed by atoms with van der Waals surface area (Å²) in [6.07, 6.45) is 7.23. The van der Waals surface area contributed by atoms with Crippen molar-refractivity contribution in [2.24, 2.45) is 5.92 Å². The number of hydrogen-bond donors (Lipinski definition) is 0. The van der Waals surface area contributed by atoms with Crippen LogP contribution >= 0.6 is 0 Å². The SMILES string of the molecule is CCC1CCN(c2cnccc2C#N)CC1. The molecule has 0 aliphatic carbocycles. The molecule has 0 atom stereocenters. The first kappa shape index (κ1) is 10.9. The smallest absolute Gasteiger partial charge is 0.101 e. The molecular formula is C13H17N3. The Balaban J connectivity index is 2.11. The summed E-state index contributed by atoms with van der Waals surface area (Å²) in [5.74, 6) is 0.860. The zero-order valence-electron chi connectivity index (χ0n) is 9.69. The van der Waals surface area contributed by atoms with Gasteiger partial charge in [0.1, 0.15) is 6.07 Å². The molecule has 2 heterocycles. The van der Waals surface area contributed by atoms with Crippen LogP contribution in [0.5, 0.6) is 0 Å². The highest BCUT2D eigenvalue weighted by Crippen LogP contribution is 2.26. The molecule has 2 rings (SSSR count). The van der Waals surface area contributed by atoms with Crippen molar-refractivity contribution in [2.75, 3.05) is 18.0 Å². The van der Waals surface area contributed by atoms with Crippen molar-refractivity contribution >= 4 is 5.69 Å². The highest BCUT2D eigenvalue weighted by molar-refractivity contribution is 5.57. The summed E-state index contributed by atoms with van der Waals surface area (Å²) in [5.41, 5.74) is 1.74. The van der Waals surface area contributed by atoms with Gasteiger partial charge >= 0.3 is 0 Å². The summed E-state index contributed by atoms with van der Waals surface area (Å²) in [7, 11) is 0. The average molecular weight is 215 g/mol. The fourth-order valence-electron chi connectivity index (χ4n) is 2.31. The second-order valence-corrected chi connectivity index (χ2v) is 4.34. The first-order valence-corrected chi connectivity index (χ1v) is 5.94. The maximum atomic E-state index is 9.04. The van der Waals surface area contributed by atoms with Crippen molar-refractivity contribution in [2.45, 2.75) is 26.2 Å². The van der Waals surface area contributed by atoms with E-state index in [-0.39, 0.29) is 0 Å². The lowest BCUT2D eigenvalue weighted by atomic mass is 9.94. The van der Waals surface area contributed by atoms with Crippen molar-refractivity contribution in [1.82, 2.24) is 4.98 Å². The minimum atomic E-state index is 0.741. The molecule has 1 saturated heterocycles. The molecule has 16 heavy (non-hydrogen) atoms. The molecule has 0 aromatic carbocycles. The van der Waals surface area contributed by atoms with Crippen LogP contribution in [0, 0.1) is 17.2 Å². The number of pyridine rings is 1. The van der Waals surface area contributed by atoms with Gasteiger partial charge in [-0.15, -0.1) is 0 Å². The van der Waals surface area contributed by atoms with Gasteiger partial charge in [-0.3, -0.25) is 4.98 Å². The van der Waals surface area contributed by atoms with Gasteiger partial charge in [-0.2, -0.15) is 5.26 Å². The van der Waals surface area contributed by atoms with E-state index in [1.165, 1.54) is 19.3 Å². The van der Waals surface area contributed by atoms with Crippen molar-refractivity contribution < 1.29 is 0 Å². The fourth-order valence-corrected chi connectivity index (χ4v) is 2.31. The number of aromatic nitrogens is 1. The van der Waals surface area contributed by atoms with Gasteiger partial charge in [0.25, 0.3) is 0 Å². The van der Waals surface area contributed by atoms with Gasteiger partial charge in [0, 0.05) is 19.3 Å². The Morgan fingerprint density at radius 3 is 2.88 bits per heavy atom. The third-order valence-corrected chi connectivity index (χ3v) is 3.45. The van der Waals surface area contributed by atoms with Crippen LogP contribution in [0.3, 0.4) is 0 Å². The first-order chi connectivity index (χ1) is 7.85. The summed E-state index contributed by atoms with van der Waals surface area (Å²) in [4.78, 5) is 6.40. The van der Waals surface area contributed by atoms with Crippen molar-refractivity contribution in [3.05, 3.63) is 24.0 Å². The van der Waals surface area contributed by atoms with Gasteiger partial charge in [-0.1, -0.05) is 13.3 Å². The van der Waals surface area contributed by atoms with Crippen LogP contribution in [0.2, 0.25) is 0 Å². The maximum Gasteiger partial charge on any atom is 0.101 e. The van der Waals surface area contributed by atoms with Crippen LogP contribution in [0.15, 0.2) is 18.5 Å². The number of anilines is 1. The highest BCUT2D eigenvalue weighted by atomic mass is 15.1. The van der Waals surface area contributed by atoms with E-state index in [9.17, 15) is 0 Å². The summed E-state index contributed by atoms with van der Waals surface area (Å²) in [5, 5.41) is 9.04. The lowest BCUT2D eigenvalue weighted by molar-refractivity contribution is 0.395. The molecule has 1 fully saturated rings. The summed E-state index contributed by atoms with van der Waals surface area (Å²) >= 11 is 0. The number of piperidine rings is 1. The van der Waals surface area contributed by atoms with Crippen LogP contribution in [0.25, 0.3) is 0 Å². The Labute approximate surface area is 96.7 Å². The number of nitriles is 1. The van der Waals surface area contributed by atoms with Crippen LogP contribution in [-0.4, -0.2) is 18.1 Å². The highest BCUT2D eigenvalue weighted by Gasteiger charge is 2.19. The van der Waals surface area contributed by atoms with E-state index in [1.807, 2.05) is 6.20 Å². The standard InChI is InChI=1S/C13H17N3/c1-2-11-4-7-16(8-5-11)13-10-15-6-3-12(13)9-14/h3,6,10-11H,2,4-5,7-8H2,1H3. The first-order valence-electron chi connectivity index (χ1n) is 5.94. The molecule has 0 bridgehead atoms. The van der Waals surface area contributed by atoms with Crippen LogP contribution in [0.1, 0.15) is 31.7 Å². The number of rotatable bonds is 2. The van der Waals surface area contributed by atoms with Crippen molar-refractivity contribution in [3.8, 4) is 6.07 Å². The molecule has 0 N–H and O–H groups in total. The molecule has 0 amide bonds. The Hall–Kier alpha value is -1.56. The molecule has 0 radical (unpaired) electrons. The molecule has 1 aromatic heterocycles. The van der Waals surface area contributed by atoms with Crippen LogP contribution < -0.4 is 4.90 Å². The van der Waals surface area contributed by atoms with Gasteiger partial charge in [0.05, 0.1) is 17.4 Å². The zero-order valence-corrected chi connectivity index (χ0v) is 9.69. The minimum Gasteiger partial charge on any atom is -0.369 e. The van der Waals surface area contributed by atoms with Crippen LogP contribution in [-0.2, 0) is 0 Å². The van der Waals surface area contributed by atoms with E-state index in [2.05, 4.69) is 22.9 Å². The molecule has 1 aliphatic rings. The topological polar surface area (TPSA) is 39.9 Å². The molecule has 0 saturated carbocycles. The lowest BCUT2D eigenvalue weighted by Gasteiger charge is -2.33. The third kappa shape index (κ3) is 2.16. The molecular weight excluding hydrogens is 198 g/mol. The minimum absolute atomic E-state index is 0.741. The predicted molar refractivity (Wildman–Crippen MR) is 64.2 cm³/mol. The summed E-state index contributed by atoms with van der Waals surface area (Å²) in [6.45, 7) is 4.36. The van der Waals surface area contributed by atoms with Gasteiger partial charge in [-0.25, -0.2) is 0 Å². The van der Waals surface area contributed by atoms with Gasteiger partial charge in [0.2, 0.25) is 0 Å². The molecule has 3 nitrogen and oxygen atoms in total. The number of hydrogen-bond acceptors (Lipinski definition) is 3. The monoisotopic (exact) mass is 215 g/mol. The molecule has 0 unspecified atom stereocenters. The Bertz CT molecular complexity index is 386. The van der Waals surface area contributed by atoms with Gasteiger partial charge < -0.3 is 4.90 Å². The fraction of sp³-hybridized carbons (Fsp3) is 0.538. The van der Waals surface area contributed by atoms with Gasteiger partial charge in [-0.05, 0) is 24.8 Å². The third-order valence-electron chi connectivity index (χ3n) is 3.45. The van der Waals surface area contributed by atoms with Crippen molar-refractivity contribution in [3.63, 3.8) is 0 Å². The largest absolute Gasteiger partial charge is 0.369 e. The van der Waals surface area contributed by atoms with Gasteiger partial charge in [0.15, 0.2) is 0 Å². The van der Waals surface area contributed by atoms with E-state index in [0.717, 1.165) is 30.3 Å². The number of nitrogens with zero attached hydrogens (tertiary/aromatic N) is 3. The molecule has 1 aliphatic heterocycles. The van der Waals surface area contributed by atoms with E-state index in [1.54, 1.807) is 12.3 Å². The predicted octanol–water partition coefficient (Wildman–Crippen LogP) is 2.58. The quantitative estimate of drug-likeness (QED) is 0.761. The van der Waals surface area contributed by atoms with Crippen LogP contribution in [0.4, 0.5) is 5.69 Å². The van der Waals surface area contributed by atoms with E-state index >= 15 is 0 Å². The lowest BCUT2D eigenvalue weighted by Crippen LogP contribution is -2.34. The van der Waals surface area contributed by atoms with E-state index < -0.39 is 0 Å². The average Bonchev–Trinajstić information content (AvgIpc) is 2.39. The molecule has 0 spiro atoms. The Kier molecular flexibility index (Phi) is 3.40. The molecule has 1 aromatic rings. The second kappa shape index (κ2) is 4.98. The Morgan fingerprint density at radius 2 is 2.25 bits per heavy atom. The molecule has 3 heteroatoms. The van der Waals surface area contributed by atoms with E-state index in [0.29, 0.717) is 0 Å².